The summed E-state index contributed by atoms with van der Waals surface area (Å²) in [5, 5.41) is 0. The van der Waals surface area contributed by atoms with E-state index in [0.717, 1.165) is 5.69 Å². The fourth-order valence-corrected chi connectivity index (χ4v) is 14.0. The van der Waals surface area contributed by atoms with Crippen molar-refractivity contribution in [2.45, 2.75) is 39.0 Å². The molecule has 0 saturated carbocycles. The van der Waals surface area contributed by atoms with E-state index < -0.39 is 5.41 Å². The Morgan fingerprint density at radius 1 is 0.456 bits per heavy atom. The van der Waals surface area contributed by atoms with Gasteiger partial charge in [-0.25, -0.2) is 0 Å². The summed E-state index contributed by atoms with van der Waals surface area (Å²) in [4.78, 5) is 6.60. The van der Waals surface area contributed by atoms with Crippen LogP contribution in [0.15, 0.2) is 206 Å². The van der Waals surface area contributed by atoms with Crippen LogP contribution < -0.4 is 25.5 Å². The van der Waals surface area contributed by atoms with Crippen LogP contribution in [0.1, 0.15) is 58.0 Å². The average Bonchev–Trinajstić information content (AvgIpc) is 4.01. The zero-order valence-electron chi connectivity index (χ0n) is 38.6. The van der Waals surface area contributed by atoms with Crippen LogP contribution >= 0.6 is 11.3 Å². The smallest absolute Gasteiger partial charge is 0.264 e. The third kappa shape index (κ3) is 5.35. The number of hydrogen-bond donors (Lipinski definition) is 0. The number of para-hydroxylation sites is 1. The Labute approximate surface area is 403 Å². The van der Waals surface area contributed by atoms with Crippen molar-refractivity contribution in [2.24, 2.45) is 0 Å². The van der Waals surface area contributed by atoms with Gasteiger partial charge in [0, 0.05) is 43.7 Å². The molecule has 2 aliphatic heterocycles. The van der Waals surface area contributed by atoms with E-state index in [-0.39, 0.29) is 6.71 Å². The fraction of sp³-hybridized carbons (Fsp3) is 0.0938. The van der Waals surface area contributed by atoms with Crippen LogP contribution in [0.5, 0.6) is 0 Å². The van der Waals surface area contributed by atoms with Gasteiger partial charge >= 0.3 is 0 Å². The number of aryl methyl sites for hydroxylation is 2. The molecule has 9 aromatic carbocycles. The maximum atomic E-state index is 2.63. The molecule has 0 N–H and O–H groups in total. The summed E-state index contributed by atoms with van der Waals surface area (Å²) in [6, 6.07) is 78.3. The van der Waals surface area contributed by atoms with E-state index in [1.807, 2.05) is 0 Å². The molecule has 14 rings (SSSR count). The maximum Gasteiger partial charge on any atom is 0.264 e. The molecular formula is C64H47BN2S. The Kier molecular flexibility index (Phi) is 8.52. The Hall–Kier alpha value is -7.66. The molecule has 68 heavy (non-hydrogen) atoms. The van der Waals surface area contributed by atoms with Crippen LogP contribution in [0.25, 0.3) is 44.5 Å². The molecule has 0 unspecified atom stereocenters. The van der Waals surface area contributed by atoms with E-state index in [9.17, 15) is 0 Å². The lowest BCUT2D eigenvalue weighted by molar-refractivity contribution is 0.799. The van der Waals surface area contributed by atoms with Crippen molar-refractivity contribution in [2.75, 3.05) is 9.80 Å². The van der Waals surface area contributed by atoms with Gasteiger partial charge in [-0.15, -0.1) is 11.3 Å². The van der Waals surface area contributed by atoms with Gasteiger partial charge in [-0.05, 0) is 134 Å². The van der Waals surface area contributed by atoms with Gasteiger partial charge in [0.2, 0.25) is 0 Å². The van der Waals surface area contributed by atoms with E-state index in [4.69, 9.17) is 0 Å². The summed E-state index contributed by atoms with van der Waals surface area (Å²) >= 11 is 2.06. The normalized spacial score (nSPS) is 14.0. The Morgan fingerprint density at radius 2 is 1.09 bits per heavy atom. The maximum absolute atomic E-state index is 2.63. The minimum Gasteiger partial charge on any atom is -0.311 e. The summed E-state index contributed by atoms with van der Waals surface area (Å²) in [5.41, 5.74) is 27.9. The highest BCUT2D eigenvalue weighted by Gasteiger charge is 2.57. The molecule has 1 aromatic heterocycles. The van der Waals surface area contributed by atoms with Crippen LogP contribution in [-0.2, 0) is 5.41 Å². The van der Waals surface area contributed by atoms with Crippen LogP contribution in [0.2, 0.25) is 0 Å². The molecule has 0 radical (unpaired) electrons. The van der Waals surface area contributed by atoms with Gasteiger partial charge in [-0.2, -0.15) is 0 Å². The molecule has 4 heteroatoms. The van der Waals surface area contributed by atoms with Gasteiger partial charge in [-0.3, -0.25) is 0 Å². The number of thiophene rings is 1. The predicted molar refractivity (Wildman–Crippen MR) is 289 cm³/mol. The first kappa shape index (κ1) is 39.5. The highest BCUT2D eigenvalue weighted by Crippen LogP contribution is 2.67. The Morgan fingerprint density at radius 3 is 1.81 bits per heavy atom. The minimum atomic E-state index is -0.463. The number of rotatable bonds is 5. The molecular weight excluding hydrogens is 840 g/mol. The largest absolute Gasteiger partial charge is 0.311 e. The van der Waals surface area contributed by atoms with Crippen molar-refractivity contribution >= 4 is 67.9 Å². The SMILES string of the molecule is Cc1ccc(N2c3cccc4c3B(c3ccc(-c5cc(C)ccc5-c5ccccc5)cc3N4c3ccccc3)c3sc4c(c32)-c2ccc(C(C)C)cc2C42c3ccccc3-c3ccccc32)cc1. The first-order valence-electron chi connectivity index (χ1n) is 24.1. The van der Waals surface area contributed by atoms with Crippen molar-refractivity contribution in [1.82, 2.24) is 0 Å². The highest BCUT2D eigenvalue weighted by atomic mass is 32.1. The number of anilines is 6. The average molecular weight is 887 g/mol. The van der Waals surface area contributed by atoms with Gasteiger partial charge < -0.3 is 9.80 Å². The van der Waals surface area contributed by atoms with E-state index in [0.29, 0.717) is 5.92 Å². The lowest BCUT2D eigenvalue weighted by Gasteiger charge is -2.43. The third-order valence-electron chi connectivity index (χ3n) is 15.4. The van der Waals surface area contributed by atoms with Gasteiger partial charge in [0.1, 0.15) is 0 Å². The highest BCUT2D eigenvalue weighted by molar-refractivity contribution is 7.30. The van der Waals surface area contributed by atoms with Crippen LogP contribution in [0, 0.1) is 13.8 Å². The zero-order chi connectivity index (χ0) is 45.4. The van der Waals surface area contributed by atoms with Crippen LogP contribution in [0.4, 0.5) is 34.1 Å². The van der Waals surface area contributed by atoms with Crippen LogP contribution in [-0.4, -0.2) is 6.71 Å². The number of fused-ring (bicyclic) bond motifs is 15. The number of nitrogens with zero attached hydrogens (tertiary/aromatic N) is 2. The molecule has 1 spiro atoms. The predicted octanol–water partition coefficient (Wildman–Crippen LogP) is 15.2. The van der Waals surface area contributed by atoms with Crippen molar-refractivity contribution in [3.05, 3.63) is 245 Å². The topological polar surface area (TPSA) is 6.48 Å². The molecule has 2 nitrogen and oxygen atoms in total. The summed E-state index contributed by atoms with van der Waals surface area (Å²) in [7, 11) is 0. The molecule has 0 bridgehead atoms. The lowest BCUT2D eigenvalue weighted by Crippen LogP contribution is -2.60. The number of benzene rings is 9. The van der Waals surface area contributed by atoms with Gasteiger partial charge in [0.05, 0.1) is 11.1 Å². The standard InChI is InChI=1S/C64H47BN2S/c1-39(2)43-29-34-50-54(37-43)64(52-22-13-11-20-48(52)49-21-12-14-23-53(49)64)62-59(50)61-63(68-62)65-55-35-30-44(51-36-41(4)28-33-47(51)42-16-7-5-8-17-42)38-58(55)66(45-18-9-6-10-19-45)56-24-15-25-57(60(56)65)67(61)46-31-26-40(3)27-32-46/h5-39H,1-4H3. The van der Waals surface area contributed by atoms with Gasteiger partial charge in [-0.1, -0.05) is 189 Å². The third-order valence-corrected chi connectivity index (χ3v) is 16.7. The first-order chi connectivity index (χ1) is 33.4. The molecule has 4 aliphatic rings. The molecule has 0 saturated heterocycles. The molecule has 322 valence electrons. The molecule has 0 atom stereocenters. The number of hydrogen-bond acceptors (Lipinski definition) is 3. The molecule has 3 heterocycles. The summed E-state index contributed by atoms with van der Waals surface area (Å²) in [6.45, 7) is 9.05. The van der Waals surface area contributed by atoms with E-state index >= 15 is 0 Å². The van der Waals surface area contributed by atoms with Crippen molar-refractivity contribution in [3.8, 4) is 44.5 Å². The summed E-state index contributed by atoms with van der Waals surface area (Å²) in [6.07, 6.45) is 0. The monoisotopic (exact) mass is 886 g/mol. The Bertz CT molecular complexity index is 3650. The van der Waals surface area contributed by atoms with Crippen molar-refractivity contribution < 1.29 is 0 Å². The Balaban J connectivity index is 1.10. The van der Waals surface area contributed by atoms with E-state index in [1.54, 1.807) is 0 Å². The molecule has 2 aliphatic carbocycles. The van der Waals surface area contributed by atoms with Crippen LogP contribution in [0.3, 0.4) is 0 Å². The molecule has 0 fully saturated rings. The summed E-state index contributed by atoms with van der Waals surface area (Å²) < 4.78 is 1.40. The van der Waals surface area contributed by atoms with E-state index in [2.05, 4.69) is 255 Å². The fourth-order valence-electron chi connectivity index (χ4n) is 12.4. The lowest BCUT2D eigenvalue weighted by atomic mass is 9.36. The second kappa shape index (κ2) is 14.7. The minimum absolute atomic E-state index is 0.00839. The van der Waals surface area contributed by atoms with Crippen molar-refractivity contribution in [3.63, 3.8) is 0 Å². The molecule has 0 amide bonds. The second-order valence-corrected chi connectivity index (χ2v) is 20.5. The second-order valence-electron chi connectivity index (χ2n) is 19.5. The van der Waals surface area contributed by atoms with Gasteiger partial charge in [0.15, 0.2) is 0 Å². The molecule has 10 aromatic rings. The van der Waals surface area contributed by atoms with Gasteiger partial charge in [0.25, 0.3) is 6.71 Å². The first-order valence-corrected chi connectivity index (χ1v) is 24.9. The van der Waals surface area contributed by atoms with E-state index in [1.165, 1.54) is 127 Å². The summed E-state index contributed by atoms with van der Waals surface area (Å²) in [5.74, 6) is 0.394. The quantitative estimate of drug-likeness (QED) is 0.159. The van der Waals surface area contributed by atoms with Crippen molar-refractivity contribution in [1.29, 1.82) is 0 Å². The zero-order valence-corrected chi connectivity index (χ0v) is 39.4.